The van der Waals surface area contributed by atoms with E-state index in [1.54, 1.807) is 18.2 Å². The average molecular weight is 1080 g/mol. The lowest BCUT2D eigenvalue weighted by atomic mass is 10.0. The Morgan fingerprint density at radius 2 is 0.724 bits per heavy atom. The van der Waals surface area contributed by atoms with Gasteiger partial charge in [0.05, 0.1) is 51.8 Å². The number of carbonyl (C=O) groups excluding carboxylic acids is 7. The first-order chi connectivity index (χ1) is 36.5. The second-order valence-corrected chi connectivity index (χ2v) is 16.5. The highest BCUT2D eigenvalue weighted by Gasteiger charge is 2.17. The van der Waals surface area contributed by atoms with Crippen LogP contribution >= 0.6 is 0 Å². The average Bonchev–Trinajstić information content (AvgIpc) is 3.38. The van der Waals surface area contributed by atoms with Crippen molar-refractivity contribution >= 4 is 59.3 Å². The van der Waals surface area contributed by atoms with Gasteiger partial charge in [-0.05, 0) is 67.1 Å². The number of carbonyl (C=O) groups is 10. The molecule has 0 saturated carbocycles. The summed E-state index contributed by atoms with van der Waals surface area (Å²) in [6.07, 6.45) is 2.21. The minimum Gasteiger partial charge on any atom is -0.484 e. The highest BCUT2D eigenvalue weighted by Crippen LogP contribution is 2.33. The molecule has 0 radical (unpaired) electrons. The Balaban J connectivity index is 2.13. The van der Waals surface area contributed by atoms with Gasteiger partial charge in [-0.3, -0.25) is 43.2 Å². The fraction of sp³-hybridized carbons (Fsp3) is 0.560. The van der Waals surface area contributed by atoms with Gasteiger partial charge >= 0.3 is 23.9 Å². The van der Waals surface area contributed by atoms with E-state index in [9.17, 15) is 47.9 Å². The van der Waals surface area contributed by atoms with Crippen LogP contribution in [0.25, 0.3) is 11.1 Å². The maximum atomic E-state index is 13.3. The van der Waals surface area contributed by atoms with Crippen LogP contribution in [0.4, 0.5) is 0 Å². The zero-order chi connectivity index (χ0) is 55.8. The summed E-state index contributed by atoms with van der Waals surface area (Å²) in [5.74, 6) is -5.71. The lowest BCUT2D eigenvalue weighted by Gasteiger charge is -2.15. The van der Waals surface area contributed by atoms with Crippen molar-refractivity contribution in [2.24, 2.45) is 0 Å². The van der Waals surface area contributed by atoms with Crippen molar-refractivity contribution in [3.63, 3.8) is 0 Å². The molecule has 0 saturated heterocycles. The minimum atomic E-state index is -0.956. The normalized spacial score (nSPS) is 10.6. The van der Waals surface area contributed by atoms with Crippen molar-refractivity contribution in [1.29, 1.82) is 0 Å². The molecular weight excluding hydrogens is 1000 g/mol. The highest BCUT2D eigenvalue weighted by molar-refractivity contribution is 5.92. The van der Waals surface area contributed by atoms with E-state index >= 15 is 0 Å². The number of rotatable bonds is 44. The molecule has 0 aliphatic heterocycles. The van der Waals surface area contributed by atoms with Crippen LogP contribution in [0.3, 0.4) is 0 Å². The number of carboxylic acids is 3. The number of hydrogen-bond donors (Lipinski definition) is 9. The minimum absolute atomic E-state index is 0.0399. The Morgan fingerprint density at radius 1 is 0.382 bits per heavy atom. The van der Waals surface area contributed by atoms with E-state index in [1.807, 2.05) is 6.92 Å². The van der Waals surface area contributed by atoms with Gasteiger partial charge in [-0.1, -0.05) is 13.3 Å². The molecule has 76 heavy (non-hydrogen) atoms. The van der Waals surface area contributed by atoms with Crippen molar-refractivity contribution in [2.45, 2.75) is 77.6 Å². The van der Waals surface area contributed by atoms with Crippen molar-refractivity contribution in [1.82, 2.24) is 31.9 Å². The molecule has 422 valence electrons. The molecule has 2 aromatic rings. The second-order valence-electron chi connectivity index (χ2n) is 16.5. The smallest absolute Gasteiger partial charge is 0.338 e. The number of esters is 1. The van der Waals surface area contributed by atoms with Crippen LogP contribution in [0, 0.1) is 0 Å². The predicted octanol–water partition coefficient (Wildman–Crippen LogP) is 0.959. The predicted molar refractivity (Wildman–Crippen MR) is 269 cm³/mol. The number of carboxylic acid groups (broad SMARTS) is 3. The van der Waals surface area contributed by atoms with Crippen molar-refractivity contribution in [2.75, 3.05) is 105 Å². The molecule has 0 spiro atoms. The molecular formula is C50H72N6O20. The van der Waals surface area contributed by atoms with Crippen LogP contribution < -0.4 is 46.1 Å². The number of nitrogens with one attached hydrogen (secondary N) is 6. The topological polar surface area (TPSA) is 368 Å². The van der Waals surface area contributed by atoms with E-state index in [2.05, 4.69) is 31.9 Å². The molecule has 0 fully saturated rings. The molecule has 0 unspecified atom stereocenters. The third kappa shape index (κ3) is 33.3. The summed E-state index contributed by atoms with van der Waals surface area (Å²) in [6.45, 7) is 2.02. The summed E-state index contributed by atoms with van der Waals surface area (Å²) in [5.41, 5.74) is 0.810. The number of ether oxygens (including phenoxy) is 7. The van der Waals surface area contributed by atoms with Gasteiger partial charge in [0.15, 0.2) is 19.8 Å². The van der Waals surface area contributed by atoms with Crippen LogP contribution in [0.15, 0.2) is 36.4 Å². The van der Waals surface area contributed by atoms with Gasteiger partial charge in [0, 0.05) is 83.9 Å². The summed E-state index contributed by atoms with van der Waals surface area (Å²) in [7, 11) is 0. The van der Waals surface area contributed by atoms with Crippen LogP contribution in [0.5, 0.6) is 17.2 Å². The lowest BCUT2D eigenvalue weighted by molar-refractivity contribution is -0.138. The maximum absolute atomic E-state index is 13.3. The molecule has 6 amide bonds. The lowest BCUT2D eigenvalue weighted by Crippen LogP contribution is -2.32. The van der Waals surface area contributed by atoms with Gasteiger partial charge in [-0.25, -0.2) is 4.79 Å². The molecule has 0 aromatic heterocycles. The van der Waals surface area contributed by atoms with E-state index in [-0.39, 0.29) is 165 Å². The summed E-state index contributed by atoms with van der Waals surface area (Å²) in [6, 6.07) is 8.99. The van der Waals surface area contributed by atoms with Gasteiger partial charge in [-0.2, -0.15) is 0 Å². The molecule has 0 heterocycles. The molecule has 0 atom stereocenters. The van der Waals surface area contributed by atoms with Gasteiger partial charge < -0.3 is 80.4 Å². The Morgan fingerprint density at radius 3 is 1.08 bits per heavy atom. The van der Waals surface area contributed by atoms with E-state index in [4.69, 9.17) is 48.5 Å². The van der Waals surface area contributed by atoms with Crippen molar-refractivity contribution < 1.29 is 96.4 Å². The molecule has 9 N–H and O–H groups in total. The van der Waals surface area contributed by atoms with Crippen LogP contribution in [-0.2, 0) is 62.1 Å². The number of aliphatic carboxylic acids is 3. The fourth-order valence-electron chi connectivity index (χ4n) is 6.12. The zero-order valence-corrected chi connectivity index (χ0v) is 42.8. The highest BCUT2D eigenvalue weighted by atomic mass is 16.5. The van der Waals surface area contributed by atoms with Crippen molar-refractivity contribution in [3.8, 4) is 28.4 Å². The van der Waals surface area contributed by atoms with E-state index in [1.165, 1.54) is 18.2 Å². The molecule has 2 rings (SSSR count). The molecule has 0 aliphatic rings. The third-order valence-corrected chi connectivity index (χ3v) is 9.99. The quantitative estimate of drug-likeness (QED) is 0.0330. The standard InChI is InChI=1S/C50H72N6O20/c1-2-3-19-73-50(69)37-26-35(27-38(30-37)74-32-44(60)54-16-23-70-20-10-41(57)51-13-4-7-47(63)64)36-28-39(75-33-45(61)55-17-24-71-21-11-42(58)52-14-5-8-48(65)66)31-40(29-36)76-34-46(62)56-18-25-72-22-12-43(59)53-15-6-9-49(67)68/h26-31H,2-25,32-34H2,1H3,(H,51,57)(H,52,58)(H,53,59)(H,54,60)(H,55,61)(H,56,62)(H,63,64)(H,65,66)(H,67,68). The molecule has 2 aromatic carbocycles. The monoisotopic (exact) mass is 1080 g/mol. The number of amides is 6. The number of hydrogen-bond acceptors (Lipinski definition) is 17. The van der Waals surface area contributed by atoms with Gasteiger partial charge in [0.2, 0.25) is 17.7 Å². The van der Waals surface area contributed by atoms with E-state index in [0.717, 1.165) is 6.42 Å². The van der Waals surface area contributed by atoms with Crippen LogP contribution in [0.1, 0.15) is 87.9 Å². The molecule has 26 heteroatoms. The van der Waals surface area contributed by atoms with Crippen LogP contribution in [-0.4, -0.2) is 180 Å². The zero-order valence-electron chi connectivity index (χ0n) is 42.8. The first-order valence-corrected chi connectivity index (χ1v) is 24.9. The summed E-state index contributed by atoms with van der Waals surface area (Å²) in [4.78, 5) is 119. The Kier molecular flexibility index (Phi) is 33.8. The Bertz CT molecular complexity index is 2090. The van der Waals surface area contributed by atoms with E-state index < -0.39 is 61.4 Å². The first kappa shape index (κ1) is 64.5. The van der Waals surface area contributed by atoms with Gasteiger partial charge in [0.25, 0.3) is 17.7 Å². The van der Waals surface area contributed by atoms with Gasteiger partial charge in [0.1, 0.15) is 17.2 Å². The Hall–Kier alpha value is -7.58. The summed E-state index contributed by atoms with van der Waals surface area (Å²) < 4.78 is 39.2. The Labute approximate surface area is 439 Å². The summed E-state index contributed by atoms with van der Waals surface area (Å²) >= 11 is 0. The van der Waals surface area contributed by atoms with E-state index in [0.29, 0.717) is 36.8 Å². The molecule has 0 bridgehead atoms. The second kappa shape index (κ2) is 39.8. The largest absolute Gasteiger partial charge is 0.484 e. The number of benzene rings is 2. The molecule has 26 nitrogen and oxygen atoms in total. The maximum Gasteiger partial charge on any atom is 0.338 e. The molecule has 0 aliphatic carbocycles. The third-order valence-electron chi connectivity index (χ3n) is 9.99. The van der Waals surface area contributed by atoms with Gasteiger partial charge in [-0.15, -0.1) is 0 Å². The SMILES string of the molecule is CCCCOC(=O)c1cc(OCC(=O)NCCOCCC(=O)NCCCC(=O)O)cc(-c2cc(OCC(=O)NCCOCCC(=O)NCCCC(=O)O)cc(OCC(=O)NCCOCCC(=O)NCCCC(=O)O)c2)c1. The van der Waals surface area contributed by atoms with Crippen LogP contribution in [0.2, 0.25) is 0 Å². The first-order valence-electron chi connectivity index (χ1n) is 24.9. The summed E-state index contributed by atoms with van der Waals surface area (Å²) in [5, 5.41) is 41.8. The van der Waals surface area contributed by atoms with Crippen molar-refractivity contribution in [3.05, 3.63) is 42.0 Å². The number of unbranched alkanes of at least 4 members (excludes halogenated alkanes) is 1. The fourth-order valence-corrected chi connectivity index (χ4v) is 6.12.